The Morgan fingerprint density at radius 2 is 1.74 bits per heavy atom. The van der Waals surface area contributed by atoms with Gasteiger partial charge in [-0.05, 0) is 106 Å². The number of hydrogen-bond donors (Lipinski definition) is 0. The molecule has 0 spiro atoms. The maximum atomic E-state index is 14.3. The number of amides is 1. The molecule has 2 heterocycles. The Morgan fingerprint density at radius 3 is 2.37 bits per heavy atom. The van der Waals surface area contributed by atoms with Gasteiger partial charge in [0.1, 0.15) is 0 Å². The van der Waals surface area contributed by atoms with Crippen molar-refractivity contribution in [1.29, 1.82) is 0 Å². The summed E-state index contributed by atoms with van der Waals surface area (Å²) < 4.78 is 59.7. The number of alkyl halides is 4. The maximum absolute atomic E-state index is 14.3. The van der Waals surface area contributed by atoms with Gasteiger partial charge in [0.25, 0.3) is 5.89 Å². The predicted molar refractivity (Wildman–Crippen MR) is 152 cm³/mol. The van der Waals surface area contributed by atoms with Crippen molar-refractivity contribution in [3.63, 3.8) is 0 Å². The second-order valence-corrected chi connectivity index (χ2v) is 13.5. The van der Waals surface area contributed by atoms with Crippen LogP contribution >= 0.6 is 0 Å². The fourth-order valence-electron chi connectivity index (χ4n) is 7.71. The van der Waals surface area contributed by atoms with Crippen LogP contribution in [0.4, 0.5) is 23.2 Å². The highest BCUT2D eigenvalue weighted by Gasteiger charge is 2.53. The lowest BCUT2D eigenvalue weighted by Crippen LogP contribution is -2.55. The van der Waals surface area contributed by atoms with Crippen LogP contribution in [0.15, 0.2) is 47.1 Å². The Bertz CT molecular complexity index is 1490. The summed E-state index contributed by atoms with van der Waals surface area (Å²) in [6.45, 7) is -0.0459. The molecule has 2 aromatic heterocycles. The second kappa shape index (κ2) is 10.4. The van der Waals surface area contributed by atoms with Gasteiger partial charge in [0.15, 0.2) is 5.82 Å². The van der Waals surface area contributed by atoms with E-state index in [1.807, 2.05) is 29.2 Å². The van der Waals surface area contributed by atoms with Crippen LogP contribution in [0.2, 0.25) is 0 Å². The van der Waals surface area contributed by atoms with Crippen LogP contribution in [-0.4, -0.2) is 34.3 Å². The quantitative estimate of drug-likeness (QED) is 0.233. The van der Waals surface area contributed by atoms with Gasteiger partial charge in [-0.15, -0.1) is 0 Å². The topological polar surface area (TPSA) is 72.1 Å². The number of fused-ring (bicyclic) bond motifs is 3. The molecular formula is C33H36F4N4O2. The summed E-state index contributed by atoms with van der Waals surface area (Å²) in [4.78, 5) is 25.2. The molecule has 1 amide bonds. The van der Waals surface area contributed by atoms with Gasteiger partial charge in [0, 0.05) is 41.0 Å². The third kappa shape index (κ3) is 5.14. The maximum Gasteiger partial charge on any atom is 0.416 e. The largest absolute Gasteiger partial charge is 0.416 e. The van der Waals surface area contributed by atoms with Crippen molar-refractivity contribution >= 4 is 11.6 Å². The molecule has 8 rings (SSSR count). The van der Waals surface area contributed by atoms with Gasteiger partial charge in [-0.3, -0.25) is 14.2 Å². The second-order valence-electron chi connectivity index (χ2n) is 13.5. The van der Waals surface area contributed by atoms with Crippen molar-refractivity contribution in [3.05, 3.63) is 59.7 Å². The Balaban J connectivity index is 1.17. The summed E-state index contributed by atoms with van der Waals surface area (Å²) in [6, 6.07) is 9.88. The molecule has 0 unspecified atom stereocenters. The van der Waals surface area contributed by atoms with Crippen LogP contribution in [0.25, 0.3) is 11.5 Å². The van der Waals surface area contributed by atoms with E-state index in [9.17, 15) is 22.4 Å². The Labute approximate surface area is 248 Å². The molecular weight excluding hydrogens is 560 g/mol. The monoisotopic (exact) mass is 596 g/mol. The standard InChI is InChI=1S/C33H36F4N4O2/c34-17-16-32(8-2-9-32)29(42)41(25-4-1-3-23(19-25)28-39-27(40-43-28)22-5-6-22)21-30-10-13-31(14-11-30,15-12-30)26-20-24(7-18-38-26)33(35,36)37/h1,3-4,7,18-20,22H,2,5-6,8-17,21H2. The third-order valence-corrected chi connectivity index (χ3v) is 10.9. The number of hydrogen-bond acceptors (Lipinski definition) is 5. The molecule has 0 saturated heterocycles. The number of halogens is 4. The first-order valence-electron chi connectivity index (χ1n) is 15.5. The van der Waals surface area contributed by atoms with Gasteiger partial charge in [0.2, 0.25) is 5.91 Å². The van der Waals surface area contributed by atoms with E-state index >= 15 is 0 Å². The first-order valence-corrected chi connectivity index (χ1v) is 15.5. The van der Waals surface area contributed by atoms with Crippen LogP contribution in [0.5, 0.6) is 0 Å². The molecule has 5 saturated carbocycles. The minimum atomic E-state index is -4.41. The number of carbonyl (C=O) groups is 1. The highest BCUT2D eigenvalue weighted by molar-refractivity contribution is 5.98. The van der Waals surface area contributed by atoms with Crippen LogP contribution in [-0.2, 0) is 16.4 Å². The van der Waals surface area contributed by atoms with E-state index < -0.39 is 23.8 Å². The molecule has 0 radical (unpaired) electrons. The average molecular weight is 597 g/mol. The Hall–Kier alpha value is -3.30. The van der Waals surface area contributed by atoms with Crippen LogP contribution in [0.3, 0.4) is 0 Å². The SMILES string of the molecule is O=C(N(CC12CCC(c3cc(C(F)(F)F)ccn3)(CC1)CC2)c1cccc(-c2nc(C3CC3)no2)c1)C1(CCF)CCC1. The number of pyridine rings is 1. The number of anilines is 1. The van der Waals surface area contributed by atoms with Crippen LogP contribution in [0, 0.1) is 10.8 Å². The minimum absolute atomic E-state index is 0.0333. The summed E-state index contributed by atoms with van der Waals surface area (Å²) in [6.07, 6.45) is 6.02. The van der Waals surface area contributed by atoms with Gasteiger partial charge < -0.3 is 9.42 Å². The molecule has 0 atom stereocenters. The molecule has 5 aliphatic carbocycles. The van der Waals surface area contributed by atoms with Gasteiger partial charge in [0.05, 0.1) is 17.7 Å². The molecule has 0 aliphatic heterocycles. The fraction of sp³-hybridized carbons (Fsp3) is 0.576. The molecule has 43 heavy (non-hydrogen) atoms. The molecule has 228 valence electrons. The van der Waals surface area contributed by atoms with Gasteiger partial charge in [-0.2, -0.15) is 18.2 Å². The lowest BCUT2D eigenvalue weighted by Gasteiger charge is -2.55. The fourth-order valence-corrected chi connectivity index (χ4v) is 7.71. The van der Waals surface area contributed by atoms with Crippen molar-refractivity contribution < 1.29 is 26.9 Å². The van der Waals surface area contributed by atoms with Crippen molar-refractivity contribution in [2.45, 2.75) is 94.6 Å². The van der Waals surface area contributed by atoms with E-state index in [0.29, 0.717) is 42.7 Å². The van der Waals surface area contributed by atoms with Gasteiger partial charge >= 0.3 is 6.18 Å². The smallest absolute Gasteiger partial charge is 0.334 e. The highest BCUT2D eigenvalue weighted by atomic mass is 19.4. The van der Waals surface area contributed by atoms with Crippen molar-refractivity contribution in [1.82, 2.24) is 15.1 Å². The van der Waals surface area contributed by atoms with E-state index in [4.69, 9.17) is 4.52 Å². The average Bonchev–Trinajstić information content (AvgIpc) is 3.74. The summed E-state index contributed by atoms with van der Waals surface area (Å²) in [5.41, 5.74) is 0.0999. The lowest BCUT2D eigenvalue weighted by molar-refractivity contribution is -0.137. The van der Waals surface area contributed by atoms with Crippen molar-refractivity contribution in [2.24, 2.45) is 10.8 Å². The zero-order valence-electron chi connectivity index (χ0n) is 24.1. The number of carbonyl (C=O) groups excluding carboxylic acids is 1. The van der Waals surface area contributed by atoms with Crippen LogP contribution < -0.4 is 4.90 Å². The number of benzene rings is 1. The summed E-state index contributed by atoms with van der Waals surface area (Å²) >= 11 is 0. The number of nitrogens with zero attached hydrogens (tertiary/aromatic N) is 4. The van der Waals surface area contributed by atoms with E-state index in [0.717, 1.165) is 75.1 Å². The summed E-state index contributed by atoms with van der Waals surface area (Å²) in [5, 5.41) is 4.15. The zero-order chi connectivity index (χ0) is 29.9. The molecule has 0 N–H and O–H groups in total. The highest BCUT2D eigenvalue weighted by Crippen LogP contribution is 2.58. The van der Waals surface area contributed by atoms with E-state index in [2.05, 4.69) is 15.1 Å². The summed E-state index contributed by atoms with van der Waals surface area (Å²) in [5.74, 6) is 1.46. The first kappa shape index (κ1) is 28.5. The van der Waals surface area contributed by atoms with Crippen molar-refractivity contribution in [2.75, 3.05) is 18.1 Å². The molecule has 2 bridgehead atoms. The summed E-state index contributed by atoms with van der Waals surface area (Å²) in [7, 11) is 0. The molecule has 3 aromatic rings. The Morgan fingerprint density at radius 1 is 1.00 bits per heavy atom. The molecule has 10 heteroatoms. The Kier molecular flexibility index (Phi) is 6.89. The zero-order valence-corrected chi connectivity index (χ0v) is 24.1. The van der Waals surface area contributed by atoms with Gasteiger partial charge in [-0.25, -0.2) is 0 Å². The van der Waals surface area contributed by atoms with E-state index in [1.165, 1.54) is 12.3 Å². The number of rotatable bonds is 9. The number of aromatic nitrogens is 3. The van der Waals surface area contributed by atoms with Crippen LogP contribution in [0.1, 0.15) is 100 Å². The van der Waals surface area contributed by atoms with E-state index in [-0.39, 0.29) is 23.2 Å². The normalized spacial score (nSPS) is 26.2. The molecule has 1 aromatic carbocycles. The third-order valence-electron chi connectivity index (χ3n) is 10.9. The van der Waals surface area contributed by atoms with E-state index in [1.54, 1.807) is 0 Å². The predicted octanol–water partition coefficient (Wildman–Crippen LogP) is 8.18. The lowest BCUT2D eigenvalue weighted by atomic mass is 9.52. The molecule has 5 aliphatic rings. The van der Waals surface area contributed by atoms with Gasteiger partial charge in [-0.1, -0.05) is 17.6 Å². The minimum Gasteiger partial charge on any atom is -0.334 e. The first-order chi connectivity index (χ1) is 20.6. The molecule has 5 fully saturated rings. The van der Waals surface area contributed by atoms with Crippen molar-refractivity contribution in [3.8, 4) is 11.5 Å². The molecule has 6 nitrogen and oxygen atoms in total.